The number of nitrogens with two attached hydrogens (primary N) is 1. The van der Waals surface area contributed by atoms with Gasteiger partial charge in [0.1, 0.15) is 5.60 Å². The van der Waals surface area contributed by atoms with Crippen molar-refractivity contribution in [3.8, 4) is 0 Å². The van der Waals surface area contributed by atoms with Crippen LogP contribution < -0.4 is 5.14 Å². The van der Waals surface area contributed by atoms with Crippen molar-refractivity contribution in [2.75, 3.05) is 18.8 Å². The van der Waals surface area contributed by atoms with Crippen molar-refractivity contribution in [3.63, 3.8) is 0 Å². The lowest BCUT2D eigenvalue weighted by atomic mass is 9.65. The molecule has 0 radical (unpaired) electrons. The molecule has 0 aromatic carbocycles. The third kappa shape index (κ3) is 4.54. The van der Waals surface area contributed by atoms with Crippen LogP contribution in [0.1, 0.15) is 65.7 Å². The first-order chi connectivity index (χ1) is 10.4. The summed E-state index contributed by atoms with van der Waals surface area (Å²) < 4.78 is 5.51. The quantitative estimate of drug-likeness (QED) is 0.789. The van der Waals surface area contributed by atoms with Crippen LogP contribution in [0.3, 0.4) is 0 Å². The summed E-state index contributed by atoms with van der Waals surface area (Å²) in [5, 5.41) is 5.84. The maximum atomic E-state index is 12.2. The molecule has 0 spiro atoms. The average molecular weight is 329 g/mol. The molecule has 1 aliphatic heterocycles. The summed E-state index contributed by atoms with van der Waals surface area (Å²) in [7, 11) is 0. The van der Waals surface area contributed by atoms with Crippen LogP contribution in [0, 0.1) is 11.3 Å². The second-order valence-corrected chi connectivity index (χ2v) is 8.60. The zero-order valence-corrected chi connectivity index (χ0v) is 15.2. The lowest BCUT2D eigenvalue weighted by Gasteiger charge is -2.47. The van der Waals surface area contributed by atoms with Crippen molar-refractivity contribution in [3.05, 3.63) is 0 Å². The van der Waals surface area contributed by atoms with E-state index in [0.717, 1.165) is 37.6 Å². The first-order valence-corrected chi connectivity index (χ1v) is 9.71. The Balaban J connectivity index is 1.95. The van der Waals surface area contributed by atoms with Crippen molar-refractivity contribution >= 4 is 18.0 Å². The van der Waals surface area contributed by atoms with Crippen LogP contribution in [0.4, 0.5) is 4.79 Å². The molecular formula is C17H32N2O2S. The van der Waals surface area contributed by atoms with Gasteiger partial charge in [0.2, 0.25) is 0 Å². The van der Waals surface area contributed by atoms with E-state index in [-0.39, 0.29) is 6.09 Å². The van der Waals surface area contributed by atoms with Crippen LogP contribution in [-0.4, -0.2) is 35.4 Å². The number of carbonyl (C=O) groups excluding carboxylic acids is 1. The Hall–Kier alpha value is -0.420. The molecule has 22 heavy (non-hydrogen) atoms. The van der Waals surface area contributed by atoms with Gasteiger partial charge in [0.05, 0.1) is 0 Å². The summed E-state index contributed by atoms with van der Waals surface area (Å²) in [5.41, 5.74) is -0.0829. The van der Waals surface area contributed by atoms with E-state index in [4.69, 9.17) is 9.88 Å². The highest BCUT2D eigenvalue weighted by atomic mass is 32.2. The third-order valence-electron chi connectivity index (χ3n) is 5.25. The molecule has 2 fully saturated rings. The first kappa shape index (κ1) is 17.9. The maximum absolute atomic E-state index is 12.2. The molecule has 2 aliphatic rings. The minimum atomic E-state index is -0.415. The van der Waals surface area contributed by atoms with Gasteiger partial charge in [0, 0.05) is 18.8 Å². The normalized spacial score (nSPS) is 23.4. The molecule has 2 N–H and O–H groups in total. The molecule has 1 saturated carbocycles. The number of carbonyl (C=O) groups is 1. The van der Waals surface area contributed by atoms with Gasteiger partial charge in [-0.2, -0.15) is 0 Å². The van der Waals surface area contributed by atoms with Gasteiger partial charge < -0.3 is 9.64 Å². The molecule has 0 bridgehead atoms. The van der Waals surface area contributed by atoms with Crippen LogP contribution in [0.2, 0.25) is 0 Å². The lowest BCUT2D eigenvalue weighted by Crippen LogP contribution is -2.49. The molecule has 0 atom stereocenters. The zero-order valence-electron chi connectivity index (χ0n) is 14.4. The molecule has 1 amide bonds. The standard InChI is InChI=1S/C17H32N2O2S/c1-16(2,3)21-15(20)19-11-9-17(10-12-19,13-22-18)14-7-5-4-6-8-14/h14H,4-13,18H2,1-3H3. The Morgan fingerprint density at radius 1 is 1.23 bits per heavy atom. The lowest BCUT2D eigenvalue weighted by molar-refractivity contribution is 0.000719. The van der Waals surface area contributed by atoms with Crippen LogP contribution in [0.15, 0.2) is 0 Å². The fourth-order valence-electron chi connectivity index (χ4n) is 4.01. The number of nitrogens with zero attached hydrogens (tertiary/aromatic N) is 1. The van der Waals surface area contributed by atoms with Gasteiger partial charge in [-0.3, -0.25) is 5.14 Å². The molecular weight excluding hydrogens is 296 g/mol. The molecule has 1 aliphatic carbocycles. The summed E-state index contributed by atoms with van der Waals surface area (Å²) in [6.07, 6.45) is 8.76. The molecule has 1 saturated heterocycles. The number of likely N-dealkylation sites (tertiary alicyclic amines) is 1. The summed E-state index contributed by atoms with van der Waals surface area (Å²) in [6, 6.07) is 0. The fraction of sp³-hybridized carbons (Fsp3) is 0.941. The topological polar surface area (TPSA) is 55.6 Å². The molecule has 4 nitrogen and oxygen atoms in total. The van der Waals surface area contributed by atoms with E-state index in [1.54, 1.807) is 0 Å². The van der Waals surface area contributed by atoms with Crippen molar-refractivity contribution in [2.24, 2.45) is 16.5 Å². The van der Waals surface area contributed by atoms with E-state index in [1.807, 2.05) is 25.7 Å². The summed E-state index contributed by atoms with van der Waals surface area (Å²) in [4.78, 5) is 14.1. The number of piperidine rings is 1. The monoisotopic (exact) mass is 328 g/mol. The minimum absolute atomic E-state index is 0.162. The van der Waals surface area contributed by atoms with Gasteiger partial charge in [-0.1, -0.05) is 31.2 Å². The summed E-state index contributed by atoms with van der Waals surface area (Å²) in [5.74, 6) is 1.82. The number of rotatable bonds is 3. The molecule has 1 heterocycles. The van der Waals surface area contributed by atoms with E-state index < -0.39 is 5.60 Å². The van der Waals surface area contributed by atoms with Crippen molar-refractivity contribution in [1.29, 1.82) is 0 Å². The largest absolute Gasteiger partial charge is 0.444 e. The van der Waals surface area contributed by atoms with Gasteiger partial charge in [0.15, 0.2) is 0 Å². The number of hydrogen-bond acceptors (Lipinski definition) is 4. The van der Waals surface area contributed by atoms with Crippen LogP contribution in [0.5, 0.6) is 0 Å². The smallest absolute Gasteiger partial charge is 0.410 e. The second-order valence-electron chi connectivity index (χ2n) is 7.98. The predicted octanol–water partition coefficient (Wildman–Crippen LogP) is 4.19. The van der Waals surface area contributed by atoms with E-state index >= 15 is 0 Å². The van der Waals surface area contributed by atoms with E-state index in [2.05, 4.69) is 0 Å². The Labute approximate surface area is 139 Å². The van der Waals surface area contributed by atoms with E-state index in [1.165, 1.54) is 44.1 Å². The molecule has 0 unspecified atom stereocenters. The van der Waals surface area contributed by atoms with Crippen molar-refractivity contribution in [2.45, 2.75) is 71.3 Å². The first-order valence-electron chi connectivity index (χ1n) is 8.66. The number of hydrogen-bond donors (Lipinski definition) is 1. The Morgan fingerprint density at radius 3 is 2.32 bits per heavy atom. The Kier molecular flexibility index (Phi) is 6.06. The summed E-state index contributed by atoms with van der Waals surface area (Å²) >= 11 is 1.49. The fourth-order valence-corrected chi connectivity index (χ4v) is 4.87. The van der Waals surface area contributed by atoms with E-state index in [9.17, 15) is 4.79 Å². The van der Waals surface area contributed by atoms with Gasteiger partial charge in [-0.05, 0) is 57.8 Å². The third-order valence-corrected chi connectivity index (χ3v) is 5.99. The van der Waals surface area contributed by atoms with Crippen LogP contribution >= 0.6 is 11.9 Å². The second kappa shape index (κ2) is 7.43. The molecule has 2 rings (SSSR count). The van der Waals surface area contributed by atoms with Crippen molar-refractivity contribution < 1.29 is 9.53 Å². The number of ether oxygens (including phenoxy) is 1. The highest BCUT2D eigenvalue weighted by molar-refractivity contribution is 7.97. The zero-order chi connectivity index (χ0) is 16.2. The van der Waals surface area contributed by atoms with Gasteiger partial charge in [-0.15, -0.1) is 0 Å². The summed E-state index contributed by atoms with van der Waals surface area (Å²) in [6.45, 7) is 7.39. The average Bonchev–Trinajstić information content (AvgIpc) is 2.47. The van der Waals surface area contributed by atoms with Crippen molar-refractivity contribution in [1.82, 2.24) is 4.90 Å². The highest BCUT2D eigenvalue weighted by Crippen LogP contribution is 2.47. The predicted molar refractivity (Wildman–Crippen MR) is 92.7 cm³/mol. The Morgan fingerprint density at radius 2 is 1.82 bits per heavy atom. The van der Waals surface area contributed by atoms with Gasteiger partial charge >= 0.3 is 6.09 Å². The SMILES string of the molecule is CC(C)(C)OC(=O)N1CCC(CSN)(C2CCCCC2)CC1. The Bertz CT molecular complexity index is 367. The van der Waals surface area contributed by atoms with Crippen LogP contribution in [-0.2, 0) is 4.74 Å². The van der Waals surface area contributed by atoms with Crippen LogP contribution in [0.25, 0.3) is 0 Å². The molecule has 0 aromatic heterocycles. The maximum Gasteiger partial charge on any atom is 0.410 e. The van der Waals surface area contributed by atoms with E-state index in [0.29, 0.717) is 5.41 Å². The van der Waals surface area contributed by atoms with Gasteiger partial charge in [0.25, 0.3) is 0 Å². The molecule has 128 valence electrons. The highest BCUT2D eigenvalue weighted by Gasteiger charge is 2.42. The number of amides is 1. The molecule has 5 heteroatoms. The molecule has 0 aromatic rings. The van der Waals surface area contributed by atoms with Gasteiger partial charge in [-0.25, -0.2) is 4.79 Å². The minimum Gasteiger partial charge on any atom is -0.444 e.